The van der Waals surface area contributed by atoms with Crippen LogP contribution in [0.1, 0.15) is 81.3 Å². The van der Waals surface area contributed by atoms with E-state index in [1.165, 1.54) is 71.2 Å². The van der Waals surface area contributed by atoms with Crippen molar-refractivity contribution in [1.29, 1.82) is 0 Å². The molecule has 0 unspecified atom stereocenters. The van der Waals surface area contributed by atoms with E-state index in [4.69, 9.17) is 9.47 Å². The molecule has 6 rings (SSSR count). The van der Waals surface area contributed by atoms with Gasteiger partial charge in [-0.05, 0) is 10.8 Å². The molecular weight excluding hydrogens is 711 g/mol. The minimum atomic E-state index is 0. The van der Waals surface area contributed by atoms with Gasteiger partial charge in [0.2, 0.25) is 0 Å². The van der Waals surface area contributed by atoms with Gasteiger partial charge in [-0.1, -0.05) is 76.9 Å². The van der Waals surface area contributed by atoms with Gasteiger partial charge < -0.3 is 24.8 Å². The Morgan fingerprint density at radius 3 is 1.40 bits per heavy atom. The Hall–Kier alpha value is -2.84. The summed E-state index contributed by atoms with van der Waals surface area (Å²) >= 11 is 1.40. The van der Waals surface area contributed by atoms with Crippen LogP contribution in [0.3, 0.4) is 0 Å². The Bertz CT molecular complexity index is 1760. The van der Waals surface area contributed by atoms with Crippen molar-refractivity contribution in [3.05, 3.63) is 137 Å². The molecule has 0 bridgehead atoms. The molecule has 0 saturated carbocycles. The number of fused-ring (bicyclic) bond motifs is 3. The molecule has 0 spiro atoms. The summed E-state index contributed by atoms with van der Waals surface area (Å²) in [4.78, 5) is 0. The van der Waals surface area contributed by atoms with E-state index >= 15 is 0 Å². The number of benzene rings is 4. The van der Waals surface area contributed by atoms with E-state index in [1.54, 1.807) is 14.2 Å². The van der Waals surface area contributed by atoms with Crippen molar-refractivity contribution in [2.75, 3.05) is 14.2 Å². The number of hydrogen-bond acceptors (Lipinski definition) is 2. The topological polar surface area (TPSA) is 18.5 Å². The molecule has 5 heteroatoms. The van der Waals surface area contributed by atoms with Gasteiger partial charge in [-0.2, -0.15) is 6.08 Å². The maximum atomic E-state index is 5.32. The predicted octanol–water partition coefficient (Wildman–Crippen LogP) is 5.06. The first-order valence-corrected chi connectivity index (χ1v) is 17.2. The van der Waals surface area contributed by atoms with E-state index in [1.807, 2.05) is 24.3 Å². The molecule has 48 heavy (non-hydrogen) atoms. The van der Waals surface area contributed by atoms with Gasteiger partial charge in [0.1, 0.15) is 0 Å². The molecule has 0 fully saturated rings. The van der Waals surface area contributed by atoms with Gasteiger partial charge in [0, 0.05) is 0 Å². The Balaban J connectivity index is 0.000000281. The van der Waals surface area contributed by atoms with Gasteiger partial charge >= 0.3 is 135 Å². The zero-order valence-electron chi connectivity index (χ0n) is 30.0. The van der Waals surface area contributed by atoms with E-state index in [0.717, 1.165) is 29.0 Å². The first-order chi connectivity index (χ1) is 21.7. The third-order valence-electron chi connectivity index (χ3n) is 8.39. The summed E-state index contributed by atoms with van der Waals surface area (Å²) in [5.74, 6) is 1.87. The molecule has 0 radical (unpaired) electrons. The van der Waals surface area contributed by atoms with Crippen LogP contribution in [0.5, 0.6) is 11.5 Å². The number of halogens is 2. The molecule has 0 amide bonds. The van der Waals surface area contributed by atoms with Crippen LogP contribution in [-0.4, -0.2) is 17.4 Å². The fourth-order valence-corrected chi connectivity index (χ4v) is 6.29. The monoisotopic (exact) mass is 756 g/mol. The Labute approximate surface area is 316 Å². The summed E-state index contributed by atoms with van der Waals surface area (Å²) in [6.07, 6.45) is 10.0. The molecule has 0 saturated heterocycles. The molecule has 0 heterocycles. The predicted molar refractivity (Wildman–Crippen MR) is 195 cm³/mol. The second-order valence-corrected chi connectivity index (χ2v) is 15.2. The maximum Gasteiger partial charge on any atom is -0.109 e. The Morgan fingerprint density at radius 2 is 1.10 bits per heavy atom. The Kier molecular flexibility index (Phi) is 15.2. The van der Waals surface area contributed by atoms with Gasteiger partial charge in [-0.25, -0.2) is 12.2 Å². The zero-order chi connectivity index (χ0) is 33.6. The van der Waals surface area contributed by atoms with E-state index in [9.17, 15) is 0 Å². The zero-order valence-corrected chi connectivity index (χ0v) is 34.0. The summed E-state index contributed by atoms with van der Waals surface area (Å²) in [6, 6.07) is 28.8. The molecule has 252 valence electrons. The molecule has 0 aromatic heterocycles. The number of allylic oxidation sites excluding steroid dienone is 4. The first kappa shape index (κ1) is 41.3. The molecule has 1 aliphatic rings. The largest absolute Gasteiger partial charge is 1.00 e. The molecule has 2 nitrogen and oxygen atoms in total. The van der Waals surface area contributed by atoms with Crippen LogP contribution in [0, 0.1) is 19.9 Å². The number of hydrogen-bond donors (Lipinski definition) is 0. The van der Waals surface area contributed by atoms with Crippen molar-refractivity contribution in [3.8, 4) is 11.5 Å². The molecule has 1 aliphatic carbocycles. The van der Waals surface area contributed by atoms with Crippen LogP contribution < -0.4 is 34.3 Å². The molecule has 0 atom stereocenters. The van der Waals surface area contributed by atoms with Crippen molar-refractivity contribution < 1.29 is 58.5 Å². The quantitative estimate of drug-likeness (QED) is 0.239. The van der Waals surface area contributed by atoms with Crippen molar-refractivity contribution in [2.24, 2.45) is 0 Å². The van der Waals surface area contributed by atoms with Crippen LogP contribution in [0.4, 0.5) is 0 Å². The Morgan fingerprint density at radius 1 is 0.667 bits per heavy atom. The number of rotatable bonds is 4. The maximum absolute atomic E-state index is 5.32. The average molecular weight is 759 g/mol. The van der Waals surface area contributed by atoms with Gasteiger partial charge in [0.25, 0.3) is 0 Å². The van der Waals surface area contributed by atoms with Crippen molar-refractivity contribution in [3.63, 3.8) is 0 Å². The summed E-state index contributed by atoms with van der Waals surface area (Å²) < 4.78 is 12.0. The van der Waals surface area contributed by atoms with Crippen LogP contribution in [0.25, 0.3) is 21.5 Å². The van der Waals surface area contributed by atoms with Crippen molar-refractivity contribution in [1.82, 2.24) is 0 Å². The van der Waals surface area contributed by atoms with Crippen molar-refractivity contribution in [2.45, 2.75) is 72.6 Å². The SMILES string of the molecule is CC(C)(C)c1ccc2c(c1)[cH-]c1cc(C(C)(C)C)ccc12.COc1ccc([C](=[Zr+2])c2ccc(OC)c(C)c2)cc1C.[C-]1=CC=CC1.[Cl-].[Cl-]. The van der Waals surface area contributed by atoms with Gasteiger partial charge in [-0.15, -0.1) is 46.2 Å². The minimum Gasteiger partial charge on any atom is -1.00 e. The first-order valence-electron chi connectivity index (χ1n) is 16.0. The summed E-state index contributed by atoms with van der Waals surface area (Å²) in [5.41, 5.74) is 8.05. The minimum absolute atomic E-state index is 0. The molecular formula is C43H48Cl2O2Zr-2. The second kappa shape index (κ2) is 17.7. The average Bonchev–Trinajstić information content (AvgIpc) is 3.71. The third kappa shape index (κ3) is 10.3. The summed E-state index contributed by atoms with van der Waals surface area (Å²) in [7, 11) is 3.41. The van der Waals surface area contributed by atoms with Gasteiger partial charge in [-0.3, -0.25) is 6.08 Å². The van der Waals surface area contributed by atoms with Crippen molar-refractivity contribution >= 4 is 24.8 Å². The van der Waals surface area contributed by atoms with E-state index in [2.05, 4.69) is 134 Å². The number of ether oxygens (including phenoxy) is 2. The number of methoxy groups -OCH3 is 2. The van der Waals surface area contributed by atoms with Gasteiger partial charge in [0.15, 0.2) is 0 Å². The van der Waals surface area contributed by atoms with Crippen LogP contribution in [-0.2, 0) is 35.1 Å². The fraction of sp³-hybridized carbons (Fsp3) is 0.302. The fourth-order valence-electron chi connectivity index (χ4n) is 5.53. The van der Waals surface area contributed by atoms with Crippen LogP contribution >= 0.6 is 0 Å². The van der Waals surface area contributed by atoms with Gasteiger partial charge in [0.05, 0.1) is 0 Å². The standard InChI is InChI=1S/C21H25.C17H18O2.C5H5.2ClH.Zr/c1-20(2,3)16-7-9-18-14(12-16)11-15-13-17(21(4,5)6)8-10-19(15)18;1-12-9-14(5-7-16(12)18-3)11-15-6-8-17(19-4)13(2)10-15;1-2-4-5-3-1;;;/h7-13H,1-6H3;5-10H,1-4H3;1-3H,4H2;2*1H;/q-1;;-1;;;+2/p-2. The van der Waals surface area contributed by atoms with Crippen LogP contribution in [0.2, 0.25) is 0 Å². The molecule has 0 aliphatic heterocycles. The molecule has 5 aromatic carbocycles. The second-order valence-electron chi connectivity index (χ2n) is 14.0. The van der Waals surface area contributed by atoms with E-state index in [0.29, 0.717) is 0 Å². The molecule has 0 N–H and O–H groups in total. The third-order valence-corrected chi connectivity index (χ3v) is 9.81. The summed E-state index contributed by atoms with van der Waals surface area (Å²) in [6.45, 7) is 17.8. The summed E-state index contributed by atoms with van der Waals surface area (Å²) in [5, 5.41) is 5.48. The smallest absolute Gasteiger partial charge is 0.109 e. The van der Waals surface area contributed by atoms with E-state index in [-0.39, 0.29) is 35.6 Å². The van der Waals surface area contributed by atoms with Crippen LogP contribution in [0.15, 0.2) is 97.1 Å². The van der Waals surface area contributed by atoms with E-state index < -0.39 is 0 Å². The number of aryl methyl sites for hydroxylation is 2. The molecule has 5 aromatic rings. The normalized spacial score (nSPS) is 11.9.